The van der Waals surface area contributed by atoms with E-state index in [-0.39, 0.29) is 5.54 Å². The summed E-state index contributed by atoms with van der Waals surface area (Å²) in [5.74, 6) is 0.981. The van der Waals surface area contributed by atoms with E-state index in [0.717, 1.165) is 6.42 Å². The van der Waals surface area contributed by atoms with E-state index in [1.54, 1.807) is 0 Å². The van der Waals surface area contributed by atoms with E-state index < -0.39 is 0 Å². The molecule has 3 N–H and O–H groups in total. The predicted molar refractivity (Wildman–Crippen MR) is 57.3 cm³/mol. The summed E-state index contributed by atoms with van der Waals surface area (Å²) in [5, 5.41) is 3.75. The molecule has 0 amide bonds. The minimum atomic E-state index is 0.199. The molecule has 0 radical (unpaired) electrons. The highest BCUT2D eigenvalue weighted by Crippen LogP contribution is 2.42. The molecule has 0 aliphatic heterocycles. The van der Waals surface area contributed by atoms with Gasteiger partial charge in [-0.2, -0.15) is 0 Å². The van der Waals surface area contributed by atoms with Crippen molar-refractivity contribution in [2.45, 2.75) is 31.7 Å². The molecule has 1 saturated carbocycles. The Bertz CT molecular complexity index is 349. The van der Waals surface area contributed by atoms with Crippen LogP contribution in [0.15, 0.2) is 6.33 Å². The molecule has 0 aromatic carbocycles. The van der Waals surface area contributed by atoms with Gasteiger partial charge in [0.15, 0.2) is 5.82 Å². The first-order valence-corrected chi connectivity index (χ1v) is 5.09. The van der Waals surface area contributed by atoms with Crippen LogP contribution in [0, 0.1) is 0 Å². The van der Waals surface area contributed by atoms with Gasteiger partial charge in [0.2, 0.25) is 0 Å². The Morgan fingerprint density at radius 1 is 1.57 bits per heavy atom. The number of anilines is 2. The second-order valence-electron chi connectivity index (χ2n) is 3.68. The summed E-state index contributed by atoms with van der Waals surface area (Å²) in [5.41, 5.74) is 5.78. The van der Waals surface area contributed by atoms with Crippen LogP contribution < -0.4 is 11.1 Å². The summed E-state index contributed by atoms with van der Waals surface area (Å²) >= 11 is 5.97. The first kappa shape index (κ1) is 9.52. The zero-order valence-corrected chi connectivity index (χ0v) is 8.80. The molecule has 0 unspecified atom stereocenters. The number of nitrogens with one attached hydrogen (secondary N) is 1. The lowest BCUT2D eigenvalue weighted by Gasteiger charge is -2.16. The summed E-state index contributed by atoms with van der Waals surface area (Å²) in [7, 11) is 0. The van der Waals surface area contributed by atoms with Gasteiger partial charge < -0.3 is 11.1 Å². The van der Waals surface area contributed by atoms with E-state index in [1.165, 1.54) is 19.2 Å². The smallest absolute Gasteiger partial charge is 0.150 e. The van der Waals surface area contributed by atoms with Crippen LogP contribution in [0.1, 0.15) is 26.2 Å². The molecule has 5 heteroatoms. The van der Waals surface area contributed by atoms with Gasteiger partial charge in [-0.05, 0) is 19.3 Å². The molecule has 2 rings (SSSR count). The third kappa shape index (κ3) is 1.62. The molecule has 4 nitrogen and oxygen atoms in total. The number of hydrogen-bond donors (Lipinski definition) is 2. The van der Waals surface area contributed by atoms with Gasteiger partial charge in [-0.3, -0.25) is 0 Å². The number of nitrogens with two attached hydrogens (primary N) is 1. The summed E-state index contributed by atoms with van der Waals surface area (Å²) in [6, 6.07) is 0. The highest BCUT2D eigenvalue weighted by atomic mass is 35.5. The maximum absolute atomic E-state index is 5.97. The van der Waals surface area contributed by atoms with Crippen molar-refractivity contribution < 1.29 is 0 Å². The summed E-state index contributed by atoms with van der Waals surface area (Å²) < 4.78 is 0. The molecular weight excluding hydrogens is 200 g/mol. The van der Waals surface area contributed by atoms with Gasteiger partial charge in [0.25, 0.3) is 0 Å². The number of nitrogens with zero attached hydrogens (tertiary/aromatic N) is 2. The summed E-state index contributed by atoms with van der Waals surface area (Å²) in [6.45, 7) is 2.15. The number of rotatable bonds is 3. The third-order valence-electron chi connectivity index (χ3n) is 2.73. The standard InChI is InChI=1S/C9H13ClN4/c1-2-9(3-4-9)14-8-6(10)7(11)12-5-13-8/h5H,2-4H2,1H3,(H3,11,12,13,14). The Morgan fingerprint density at radius 3 is 2.86 bits per heavy atom. The van der Waals surface area contributed by atoms with Crippen LogP contribution in [-0.4, -0.2) is 15.5 Å². The Hall–Kier alpha value is -1.03. The topological polar surface area (TPSA) is 63.8 Å². The lowest BCUT2D eigenvalue weighted by Crippen LogP contribution is -2.21. The summed E-state index contributed by atoms with van der Waals surface area (Å²) in [6.07, 6.45) is 4.84. The van der Waals surface area contributed by atoms with Gasteiger partial charge in [0.1, 0.15) is 17.2 Å². The van der Waals surface area contributed by atoms with E-state index in [0.29, 0.717) is 16.7 Å². The van der Waals surface area contributed by atoms with Gasteiger partial charge in [-0.1, -0.05) is 18.5 Å². The maximum Gasteiger partial charge on any atom is 0.150 e. The van der Waals surface area contributed by atoms with Crippen molar-refractivity contribution in [2.75, 3.05) is 11.1 Å². The molecule has 1 aromatic heterocycles. The van der Waals surface area contributed by atoms with Crippen molar-refractivity contribution in [3.05, 3.63) is 11.3 Å². The van der Waals surface area contributed by atoms with Gasteiger partial charge in [-0.15, -0.1) is 0 Å². The Kier molecular flexibility index (Phi) is 2.23. The minimum Gasteiger partial charge on any atom is -0.382 e. The maximum atomic E-state index is 5.97. The fourth-order valence-electron chi connectivity index (χ4n) is 1.44. The second-order valence-corrected chi connectivity index (χ2v) is 4.06. The normalized spacial score (nSPS) is 17.9. The average molecular weight is 213 g/mol. The Balaban J connectivity index is 2.21. The first-order chi connectivity index (χ1) is 6.67. The van der Waals surface area contributed by atoms with E-state index in [1.807, 2.05) is 0 Å². The molecule has 76 valence electrons. The molecule has 1 aromatic rings. The highest BCUT2D eigenvalue weighted by molar-refractivity contribution is 6.35. The van der Waals surface area contributed by atoms with Gasteiger partial charge in [0.05, 0.1) is 0 Å². The highest BCUT2D eigenvalue weighted by Gasteiger charge is 2.41. The molecule has 0 bridgehead atoms. The van der Waals surface area contributed by atoms with Crippen LogP contribution in [0.3, 0.4) is 0 Å². The molecular formula is C9H13ClN4. The Labute approximate surface area is 87.9 Å². The van der Waals surface area contributed by atoms with Crippen LogP contribution in [0.4, 0.5) is 11.6 Å². The van der Waals surface area contributed by atoms with E-state index in [4.69, 9.17) is 17.3 Å². The fourth-order valence-corrected chi connectivity index (χ4v) is 1.58. The number of aromatic nitrogens is 2. The molecule has 1 fully saturated rings. The van der Waals surface area contributed by atoms with Crippen LogP contribution in [-0.2, 0) is 0 Å². The quantitative estimate of drug-likeness (QED) is 0.805. The monoisotopic (exact) mass is 212 g/mol. The minimum absolute atomic E-state index is 0.199. The van der Waals surface area contributed by atoms with Crippen molar-refractivity contribution in [3.63, 3.8) is 0 Å². The first-order valence-electron chi connectivity index (χ1n) is 4.71. The van der Waals surface area contributed by atoms with Crippen molar-refractivity contribution in [2.24, 2.45) is 0 Å². The van der Waals surface area contributed by atoms with Crippen molar-refractivity contribution in [1.29, 1.82) is 0 Å². The molecule has 0 spiro atoms. The zero-order valence-electron chi connectivity index (χ0n) is 8.05. The van der Waals surface area contributed by atoms with Crippen molar-refractivity contribution in [1.82, 2.24) is 9.97 Å². The van der Waals surface area contributed by atoms with Gasteiger partial charge >= 0.3 is 0 Å². The zero-order chi connectivity index (χ0) is 10.2. The summed E-state index contributed by atoms with van der Waals surface area (Å²) in [4.78, 5) is 7.89. The number of nitrogen functional groups attached to an aromatic ring is 1. The largest absolute Gasteiger partial charge is 0.382 e. The molecule has 1 aliphatic rings. The Morgan fingerprint density at radius 2 is 2.29 bits per heavy atom. The van der Waals surface area contributed by atoms with Crippen LogP contribution in [0.5, 0.6) is 0 Å². The second kappa shape index (κ2) is 3.28. The lowest BCUT2D eigenvalue weighted by atomic mass is 10.2. The van der Waals surface area contributed by atoms with E-state index in [9.17, 15) is 0 Å². The lowest BCUT2D eigenvalue weighted by molar-refractivity contribution is 0.697. The number of hydrogen-bond acceptors (Lipinski definition) is 4. The predicted octanol–water partition coefficient (Wildman–Crippen LogP) is 2.07. The molecule has 0 atom stereocenters. The SMILES string of the molecule is CCC1(Nc2ncnc(N)c2Cl)CC1. The molecule has 1 aliphatic carbocycles. The van der Waals surface area contributed by atoms with Crippen LogP contribution in [0.25, 0.3) is 0 Å². The van der Waals surface area contributed by atoms with Crippen LogP contribution in [0.2, 0.25) is 5.02 Å². The fraction of sp³-hybridized carbons (Fsp3) is 0.556. The van der Waals surface area contributed by atoms with Crippen molar-refractivity contribution >= 4 is 23.2 Å². The van der Waals surface area contributed by atoms with Crippen molar-refractivity contribution in [3.8, 4) is 0 Å². The molecule has 1 heterocycles. The average Bonchev–Trinajstić information content (AvgIpc) is 2.94. The van der Waals surface area contributed by atoms with E-state index >= 15 is 0 Å². The van der Waals surface area contributed by atoms with Gasteiger partial charge in [0, 0.05) is 5.54 Å². The van der Waals surface area contributed by atoms with Gasteiger partial charge in [-0.25, -0.2) is 9.97 Å². The number of halogens is 1. The van der Waals surface area contributed by atoms with E-state index in [2.05, 4.69) is 22.2 Å². The third-order valence-corrected chi connectivity index (χ3v) is 3.10. The molecule has 14 heavy (non-hydrogen) atoms. The van der Waals surface area contributed by atoms with Crippen LogP contribution >= 0.6 is 11.6 Å². The molecule has 0 saturated heterocycles.